The molecule has 64 heavy (non-hydrogen) atoms. The third-order valence-corrected chi connectivity index (χ3v) is 13.7. The lowest BCUT2D eigenvalue weighted by atomic mass is 9.88. The van der Waals surface area contributed by atoms with E-state index in [-0.39, 0.29) is 12.2 Å². The average Bonchev–Trinajstić information content (AvgIpc) is 3.86. The van der Waals surface area contributed by atoms with Gasteiger partial charge in [-0.3, -0.25) is 9.98 Å². The van der Waals surface area contributed by atoms with Crippen molar-refractivity contribution in [2.75, 3.05) is 4.90 Å². The summed E-state index contributed by atoms with van der Waals surface area (Å²) in [7, 11) is 0. The predicted molar refractivity (Wildman–Crippen MR) is 265 cm³/mol. The van der Waals surface area contributed by atoms with Crippen LogP contribution in [-0.2, 0) is 6.42 Å². The molecule has 13 rings (SSSR count). The van der Waals surface area contributed by atoms with Crippen LogP contribution in [0.2, 0.25) is 0 Å². The summed E-state index contributed by atoms with van der Waals surface area (Å²) in [6.07, 6.45) is 19.4. The number of para-hydroxylation sites is 2. The molecule has 5 heterocycles. The lowest BCUT2D eigenvalue weighted by Crippen LogP contribution is -2.40. The quantitative estimate of drug-likeness (QED) is 0.188. The number of aromatic nitrogens is 1. The molecule has 0 saturated heterocycles. The standard InChI is InChI=1S/C58H45N5O/c1-36-32-52-56(59-35-36)55-44-23-8-12-27-50(44)63(51-28-13-9-24-45(51)57(55)62(52)39-30-31-54-46(33-39)41-21-10-14-29-53(41)64-54)49-26-11-7-22-43(49)48-34-47(38-17-3-2-4-18-38)60-58(61-48)42-25-15-19-37-16-5-6-20-40(37)42/h2-7,9-22,24-25,27-31,33-36,49,58,60H,8,23,26,32H2,1H3/t36?,49?,58-/m1/s1. The lowest BCUT2D eigenvalue weighted by molar-refractivity contribution is 0.664. The first-order chi connectivity index (χ1) is 31.7. The summed E-state index contributed by atoms with van der Waals surface area (Å²) >= 11 is 0. The minimum atomic E-state index is -0.282. The Labute approximate surface area is 372 Å². The minimum Gasteiger partial charge on any atom is -0.456 e. The molecule has 1 N–H and O–H groups in total. The van der Waals surface area contributed by atoms with E-state index in [9.17, 15) is 0 Å². The summed E-state index contributed by atoms with van der Waals surface area (Å²) < 4.78 is 8.90. The van der Waals surface area contributed by atoms with E-state index in [1.165, 1.54) is 55.8 Å². The van der Waals surface area contributed by atoms with Gasteiger partial charge in [0.15, 0.2) is 0 Å². The van der Waals surface area contributed by atoms with Crippen molar-refractivity contribution in [3.05, 3.63) is 210 Å². The number of benzene rings is 6. The van der Waals surface area contributed by atoms with Crippen LogP contribution in [0.5, 0.6) is 0 Å². The number of hydrogen-bond donors (Lipinski definition) is 1. The Kier molecular flexibility index (Phi) is 8.48. The molecule has 0 bridgehead atoms. The molecule has 0 saturated carbocycles. The maximum Gasteiger partial charge on any atom is 0.146 e. The van der Waals surface area contributed by atoms with Gasteiger partial charge in [0.1, 0.15) is 17.3 Å². The van der Waals surface area contributed by atoms with E-state index < -0.39 is 0 Å². The molecule has 2 unspecified atom stereocenters. The van der Waals surface area contributed by atoms with E-state index in [2.05, 4.69) is 198 Å². The van der Waals surface area contributed by atoms with Crippen molar-refractivity contribution in [1.29, 1.82) is 0 Å². The molecule has 3 aliphatic heterocycles. The van der Waals surface area contributed by atoms with Crippen LogP contribution in [0.1, 0.15) is 54.7 Å². The van der Waals surface area contributed by atoms with Crippen molar-refractivity contribution >= 4 is 67.3 Å². The van der Waals surface area contributed by atoms with E-state index in [4.69, 9.17) is 14.4 Å². The topological polar surface area (TPSA) is 58.1 Å². The van der Waals surface area contributed by atoms with Crippen molar-refractivity contribution in [2.45, 2.75) is 44.8 Å². The fourth-order valence-electron chi connectivity index (χ4n) is 10.9. The predicted octanol–water partition coefficient (Wildman–Crippen LogP) is 14.0. The van der Waals surface area contributed by atoms with Crippen LogP contribution in [0, 0.1) is 5.92 Å². The maximum absolute atomic E-state index is 6.35. The molecule has 0 spiro atoms. The number of rotatable bonds is 5. The monoisotopic (exact) mass is 827 g/mol. The van der Waals surface area contributed by atoms with E-state index in [0.717, 1.165) is 81.5 Å². The summed E-state index contributed by atoms with van der Waals surface area (Å²) in [5.74, 6) is 0.314. The highest BCUT2D eigenvalue weighted by Crippen LogP contribution is 2.54. The summed E-state index contributed by atoms with van der Waals surface area (Å²) in [5.41, 5.74) is 18.3. The summed E-state index contributed by atoms with van der Waals surface area (Å²) in [6, 6.07) is 50.0. The second-order valence-corrected chi connectivity index (χ2v) is 17.6. The normalized spacial score (nSPS) is 20.0. The number of furan rings is 1. The Bertz CT molecular complexity index is 3450. The van der Waals surface area contributed by atoms with Crippen LogP contribution >= 0.6 is 0 Å². The molecule has 2 aliphatic carbocycles. The molecule has 0 amide bonds. The number of allylic oxidation sites excluding steroid dienone is 6. The van der Waals surface area contributed by atoms with Crippen molar-refractivity contribution in [3.8, 4) is 16.9 Å². The zero-order valence-electron chi connectivity index (χ0n) is 35.6. The van der Waals surface area contributed by atoms with Crippen LogP contribution in [0.3, 0.4) is 0 Å². The number of nitrogens with zero attached hydrogens (tertiary/aromatic N) is 4. The van der Waals surface area contributed by atoms with Crippen LogP contribution in [-0.4, -0.2) is 22.5 Å². The molecule has 2 aromatic heterocycles. The molecule has 8 aromatic rings. The highest BCUT2D eigenvalue weighted by molar-refractivity contribution is 6.15. The number of nitrogens with one attached hydrogen (secondary N) is 1. The molecule has 6 nitrogen and oxygen atoms in total. The Morgan fingerprint density at radius 1 is 0.766 bits per heavy atom. The zero-order chi connectivity index (χ0) is 42.3. The number of anilines is 1. The van der Waals surface area contributed by atoms with E-state index in [1.54, 1.807) is 0 Å². The smallest absolute Gasteiger partial charge is 0.146 e. The third-order valence-electron chi connectivity index (χ3n) is 13.7. The highest BCUT2D eigenvalue weighted by atomic mass is 16.3. The van der Waals surface area contributed by atoms with Gasteiger partial charge in [-0.15, -0.1) is 0 Å². The zero-order valence-corrected chi connectivity index (χ0v) is 35.6. The lowest BCUT2D eigenvalue weighted by Gasteiger charge is -2.39. The maximum atomic E-state index is 6.35. The molecule has 5 aliphatic rings. The van der Waals surface area contributed by atoms with Crippen LogP contribution in [0.15, 0.2) is 202 Å². The van der Waals surface area contributed by atoms with Gasteiger partial charge >= 0.3 is 0 Å². The first-order valence-electron chi connectivity index (χ1n) is 22.6. The fraction of sp³-hybridized carbons (Fsp3) is 0.138. The van der Waals surface area contributed by atoms with Crippen molar-refractivity contribution in [3.63, 3.8) is 0 Å². The molecular formula is C58H45N5O. The fourth-order valence-corrected chi connectivity index (χ4v) is 10.9. The van der Waals surface area contributed by atoms with Gasteiger partial charge in [-0.05, 0) is 96.0 Å². The van der Waals surface area contributed by atoms with E-state index in [1.807, 2.05) is 6.07 Å². The van der Waals surface area contributed by atoms with E-state index in [0.29, 0.717) is 5.92 Å². The summed E-state index contributed by atoms with van der Waals surface area (Å²) in [6.45, 7) is 2.28. The Balaban J connectivity index is 1.02. The average molecular weight is 828 g/mol. The van der Waals surface area contributed by atoms with Gasteiger partial charge in [-0.2, -0.15) is 0 Å². The van der Waals surface area contributed by atoms with Crippen LogP contribution in [0.4, 0.5) is 11.4 Å². The summed E-state index contributed by atoms with van der Waals surface area (Å²) in [4.78, 5) is 13.7. The van der Waals surface area contributed by atoms with Gasteiger partial charge < -0.3 is 19.2 Å². The molecule has 0 radical (unpaired) electrons. The van der Waals surface area contributed by atoms with Gasteiger partial charge in [0.2, 0.25) is 0 Å². The second kappa shape index (κ2) is 14.7. The first kappa shape index (κ1) is 36.9. The molecule has 6 heteroatoms. The van der Waals surface area contributed by atoms with Gasteiger partial charge in [-0.25, -0.2) is 0 Å². The Morgan fingerprint density at radius 3 is 2.52 bits per heavy atom. The Hall–Kier alpha value is -7.70. The molecule has 0 fully saturated rings. The third kappa shape index (κ3) is 5.78. The largest absolute Gasteiger partial charge is 0.456 e. The number of fused-ring (bicyclic) bond motifs is 10. The van der Waals surface area contributed by atoms with Crippen molar-refractivity contribution in [2.24, 2.45) is 15.9 Å². The first-order valence-corrected chi connectivity index (χ1v) is 22.6. The van der Waals surface area contributed by atoms with E-state index >= 15 is 0 Å². The number of aliphatic imine (C=N–C) groups is 2. The number of hydrogen-bond acceptors (Lipinski definition) is 5. The van der Waals surface area contributed by atoms with Crippen molar-refractivity contribution in [1.82, 2.24) is 9.88 Å². The van der Waals surface area contributed by atoms with Gasteiger partial charge in [-0.1, -0.05) is 140 Å². The van der Waals surface area contributed by atoms with Crippen LogP contribution in [0.25, 0.3) is 60.9 Å². The SMILES string of the molecule is CC1C=Nc2c3c(n(-c4ccc5oc6ccccc6c5c4)c2C1)-c1ccccc1N(C1CC=CC=C1C1=N[C@H](c2cccc4ccccc24)NC(c2ccccc2)=C1)C1=C3CCC=C1. The summed E-state index contributed by atoms with van der Waals surface area (Å²) in [5, 5.41) is 8.53. The molecule has 3 atom stereocenters. The van der Waals surface area contributed by atoms with Gasteiger partial charge in [0, 0.05) is 56.3 Å². The molecular weight excluding hydrogens is 783 g/mol. The second-order valence-electron chi connectivity index (χ2n) is 17.6. The highest BCUT2D eigenvalue weighted by Gasteiger charge is 2.39. The Morgan fingerprint density at radius 2 is 1.58 bits per heavy atom. The van der Waals surface area contributed by atoms with Crippen LogP contribution < -0.4 is 10.2 Å². The van der Waals surface area contributed by atoms with Gasteiger partial charge in [0.05, 0.1) is 34.5 Å². The molecule has 6 aromatic carbocycles. The van der Waals surface area contributed by atoms with Crippen molar-refractivity contribution < 1.29 is 4.42 Å². The van der Waals surface area contributed by atoms with Gasteiger partial charge in [0.25, 0.3) is 0 Å². The molecule has 308 valence electrons. The minimum absolute atomic E-state index is 0.0392.